The van der Waals surface area contributed by atoms with Gasteiger partial charge in [0.05, 0.1) is 12.5 Å². The fourth-order valence-electron chi connectivity index (χ4n) is 2.52. The SMILES string of the molecule is O=C(Cc1ccc2c(c1)OCO2)N1CCC[C@@H](O)C1. The second-order valence-corrected chi connectivity index (χ2v) is 5.00. The molecule has 0 bridgehead atoms. The van der Waals surface area contributed by atoms with Crippen LogP contribution in [-0.2, 0) is 11.2 Å². The first-order chi connectivity index (χ1) is 9.22. The van der Waals surface area contributed by atoms with E-state index in [9.17, 15) is 9.90 Å². The molecule has 102 valence electrons. The van der Waals surface area contributed by atoms with Crippen LogP contribution in [0.25, 0.3) is 0 Å². The summed E-state index contributed by atoms with van der Waals surface area (Å²) < 4.78 is 10.5. The molecule has 5 heteroatoms. The van der Waals surface area contributed by atoms with Crippen LogP contribution >= 0.6 is 0 Å². The van der Waals surface area contributed by atoms with Gasteiger partial charge < -0.3 is 19.5 Å². The van der Waals surface area contributed by atoms with Crippen molar-refractivity contribution < 1.29 is 19.4 Å². The maximum absolute atomic E-state index is 12.2. The highest BCUT2D eigenvalue weighted by atomic mass is 16.7. The van der Waals surface area contributed by atoms with Crippen molar-refractivity contribution in [3.63, 3.8) is 0 Å². The Bertz CT molecular complexity index is 488. The zero-order valence-corrected chi connectivity index (χ0v) is 10.7. The molecule has 1 aromatic carbocycles. The number of amides is 1. The minimum atomic E-state index is -0.380. The molecule has 1 aromatic rings. The molecule has 5 nitrogen and oxygen atoms in total. The van der Waals surface area contributed by atoms with Gasteiger partial charge in [-0.05, 0) is 30.5 Å². The van der Waals surface area contributed by atoms with E-state index in [1.165, 1.54) is 0 Å². The lowest BCUT2D eigenvalue weighted by atomic mass is 10.1. The zero-order valence-electron chi connectivity index (χ0n) is 10.7. The molecule has 1 amide bonds. The van der Waals surface area contributed by atoms with Gasteiger partial charge in [0.1, 0.15) is 0 Å². The number of nitrogens with zero attached hydrogens (tertiary/aromatic N) is 1. The molecule has 0 aromatic heterocycles. The van der Waals surface area contributed by atoms with Crippen molar-refractivity contribution in [3.05, 3.63) is 23.8 Å². The van der Waals surface area contributed by atoms with E-state index < -0.39 is 0 Å². The first-order valence-electron chi connectivity index (χ1n) is 6.57. The number of fused-ring (bicyclic) bond motifs is 1. The van der Waals surface area contributed by atoms with Crippen LogP contribution < -0.4 is 9.47 Å². The highest BCUT2D eigenvalue weighted by molar-refractivity contribution is 5.79. The summed E-state index contributed by atoms with van der Waals surface area (Å²) in [5.74, 6) is 1.48. The van der Waals surface area contributed by atoms with Gasteiger partial charge in [-0.1, -0.05) is 6.07 Å². The highest BCUT2D eigenvalue weighted by Crippen LogP contribution is 2.32. The molecule has 2 aliphatic rings. The largest absolute Gasteiger partial charge is 0.454 e. The van der Waals surface area contributed by atoms with Crippen molar-refractivity contribution in [2.75, 3.05) is 19.9 Å². The second-order valence-electron chi connectivity index (χ2n) is 5.00. The predicted octanol–water partition coefficient (Wildman–Crippen LogP) is 0.941. The third-order valence-electron chi connectivity index (χ3n) is 3.54. The summed E-state index contributed by atoms with van der Waals surface area (Å²) in [5, 5.41) is 9.59. The maximum atomic E-state index is 12.2. The number of aliphatic hydroxyl groups excluding tert-OH is 1. The lowest BCUT2D eigenvalue weighted by Crippen LogP contribution is -2.42. The van der Waals surface area contributed by atoms with Gasteiger partial charge in [0.2, 0.25) is 12.7 Å². The minimum absolute atomic E-state index is 0.0533. The van der Waals surface area contributed by atoms with Crippen LogP contribution in [0.3, 0.4) is 0 Å². The highest BCUT2D eigenvalue weighted by Gasteiger charge is 2.22. The Morgan fingerprint density at radius 2 is 2.21 bits per heavy atom. The van der Waals surface area contributed by atoms with Gasteiger partial charge in [-0.2, -0.15) is 0 Å². The van der Waals surface area contributed by atoms with Gasteiger partial charge in [-0.15, -0.1) is 0 Å². The molecule has 1 fully saturated rings. The van der Waals surface area contributed by atoms with E-state index >= 15 is 0 Å². The van der Waals surface area contributed by atoms with Crippen LogP contribution in [0, 0.1) is 0 Å². The summed E-state index contributed by atoms with van der Waals surface area (Å²) in [6.45, 7) is 1.43. The summed E-state index contributed by atoms with van der Waals surface area (Å²) in [5.41, 5.74) is 0.911. The topological polar surface area (TPSA) is 59.0 Å². The number of carbonyl (C=O) groups is 1. The Morgan fingerprint density at radius 3 is 3.05 bits per heavy atom. The Morgan fingerprint density at radius 1 is 1.37 bits per heavy atom. The Balaban J connectivity index is 1.66. The van der Waals surface area contributed by atoms with Gasteiger partial charge in [0.15, 0.2) is 11.5 Å². The third kappa shape index (κ3) is 2.66. The number of hydrogen-bond donors (Lipinski definition) is 1. The van der Waals surface area contributed by atoms with Crippen molar-refractivity contribution in [2.45, 2.75) is 25.4 Å². The lowest BCUT2D eigenvalue weighted by Gasteiger charge is -2.30. The van der Waals surface area contributed by atoms with E-state index in [4.69, 9.17) is 9.47 Å². The van der Waals surface area contributed by atoms with E-state index in [1.54, 1.807) is 4.90 Å². The van der Waals surface area contributed by atoms with Crippen molar-refractivity contribution >= 4 is 5.91 Å². The Hall–Kier alpha value is -1.75. The maximum Gasteiger partial charge on any atom is 0.231 e. The van der Waals surface area contributed by atoms with E-state index in [-0.39, 0.29) is 18.8 Å². The summed E-state index contributed by atoms with van der Waals surface area (Å²) in [7, 11) is 0. The summed E-state index contributed by atoms with van der Waals surface area (Å²) in [6.07, 6.45) is 1.61. The van der Waals surface area contributed by atoms with Crippen LogP contribution in [0.2, 0.25) is 0 Å². The van der Waals surface area contributed by atoms with E-state index in [0.29, 0.717) is 18.7 Å². The molecule has 0 aliphatic carbocycles. The van der Waals surface area contributed by atoms with Crippen molar-refractivity contribution in [3.8, 4) is 11.5 Å². The average Bonchev–Trinajstić information content (AvgIpc) is 2.86. The Labute approximate surface area is 111 Å². The van der Waals surface area contributed by atoms with Gasteiger partial charge in [-0.3, -0.25) is 4.79 Å². The van der Waals surface area contributed by atoms with Crippen LogP contribution in [0.4, 0.5) is 0 Å². The number of β-amino-alcohol motifs (C(OH)–C–C–N with tert-alkyl or cyclic N) is 1. The average molecular weight is 263 g/mol. The number of likely N-dealkylation sites (tertiary alicyclic amines) is 1. The van der Waals surface area contributed by atoms with Crippen molar-refractivity contribution in [2.24, 2.45) is 0 Å². The zero-order chi connectivity index (χ0) is 13.2. The predicted molar refractivity (Wildman–Crippen MR) is 68.1 cm³/mol. The number of carbonyl (C=O) groups excluding carboxylic acids is 1. The molecule has 1 N–H and O–H groups in total. The monoisotopic (exact) mass is 263 g/mol. The van der Waals surface area contributed by atoms with Crippen molar-refractivity contribution in [1.29, 1.82) is 0 Å². The fourth-order valence-corrected chi connectivity index (χ4v) is 2.52. The Kier molecular flexibility index (Phi) is 3.29. The van der Waals surface area contributed by atoms with Crippen LogP contribution in [0.1, 0.15) is 18.4 Å². The summed E-state index contributed by atoms with van der Waals surface area (Å²) in [4.78, 5) is 13.9. The standard InChI is InChI=1S/C14H17NO4/c16-11-2-1-5-15(8-11)14(17)7-10-3-4-12-13(6-10)19-9-18-12/h3-4,6,11,16H,1-2,5,7-9H2/t11-/m1/s1. The molecule has 0 unspecified atom stereocenters. The first-order valence-corrected chi connectivity index (χ1v) is 6.57. The third-order valence-corrected chi connectivity index (χ3v) is 3.54. The molecular formula is C14H17NO4. The van der Waals surface area contributed by atoms with Crippen LogP contribution in [-0.4, -0.2) is 41.9 Å². The number of piperidine rings is 1. The number of rotatable bonds is 2. The molecular weight excluding hydrogens is 246 g/mol. The normalized spacial score (nSPS) is 21.5. The molecule has 0 spiro atoms. The quantitative estimate of drug-likeness (QED) is 0.862. The molecule has 2 aliphatic heterocycles. The van der Waals surface area contributed by atoms with Crippen LogP contribution in [0.15, 0.2) is 18.2 Å². The molecule has 1 atom stereocenters. The smallest absolute Gasteiger partial charge is 0.231 e. The lowest BCUT2D eigenvalue weighted by molar-refractivity contribution is -0.133. The van der Waals surface area contributed by atoms with Crippen molar-refractivity contribution in [1.82, 2.24) is 4.90 Å². The number of hydrogen-bond acceptors (Lipinski definition) is 4. The fraction of sp³-hybridized carbons (Fsp3) is 0.500. The number of aliphatic hydroxyl groups is 1. The molecule has 1 saturated heterocycles. The van der Waals surface area contributed by atoms with E-state index in [2.05, 4.69) is 0 Å². The first kappa shape index (κ1) is 12.3. The minimum Gasteiger partial charge on any atom is -0.454 e. The molecule has 19 heavy (non-hydrogen) atoms. The number of benzene rings is 1. The summed E-state index contributed by atoms with van der Waals surface area (Å²) >= 11 is 0. The van der Waals surface area contributed by atoms with E-state index in [0.717, 1.165) is 30.7 Å². The molecule has 0 radical (unpaired) electrons. The van der Waals surface area contributed by atoms with Crippen LogP contribution in [0.5, 0.6) is 11.5 Å². The summed E-state index contributed by atoms with van der Waals surface area (Å²) in [6, 6.07) is 5.56. The van der Waals surface area contributed by atoms with Gasteiger partial charge >= 0.3 is 0 Å². The van der Waals surface area contributed by atoms with Gasteiger partial charge in [0, 0.05) is 13.1 Å². The van der Waals surface area contributed by atoms with E-state index in [1.807, 2.05) is 18.2 Å². The van der Waals surface area contributed by atoms with Gasteiger partial charge in [-0.25, -0.2) is 0 Å². The molecule has 2 heterocycles. The van der Waals surface area contributed by atoms with Gasteiger partial charge in [0.25, 0.3) is 0 Å². The molecule has 0 saturated carbocycles. The second kappa shape index (κ2) is 5.09. The number of ether oxygens (including phenoxy) is 2. The molecule has 3 rings (SSSR count).